The summed E-state index contributed by atoms with van der Waals surface area (Å²) in [6.45, 7) is 8.63. The summed E-state index contributed by atoms with van der Waals surface area (Å²) >= 11 is 0. The van der Waals surface area contributed by atoms with Crippen LogP contribution in [0, 0.1) is 0 Å². The maximum absolute atomic E-state index is 6.30. The largest absolute Gasteiger partial charge is 0.340 e. The molecule has 3 heteroatoms. The summed E-state index contributed by atoms with van der Waals surface area (Å²) in [5.74, 6) is 0. The van der Waals surface area contributed by atoms with Crippen molar-refractivity contribution in [3.05, 3.63) is 0 Å². The van der Waals surface area contributed by atoms with E-state index in [2.05, 4.69) is 38.3 Å². The molecule has 0 aliphatic heterocycles. The van der Waals surface area contributed by atoms with Crippen LogP contribution < -0.4 is 10.6 Å². The number of rotatable bonds is 8. The topological polar surface area (TPSA) is 33.3 Å². The Bertz CT molecular complexity index is 128. The Morgan fingerprint density at radius 2 is 1.00 bits per heavy atom. The summed E-state index contributed by atoms with van der Waals surface area (Å²) < 4.78 is 6.30. The Morgan fingerprint density at radius 1 is 0.733 bits per heavy atom. The van der Waals surface area contributed by atoms with Crippen molar-refractivity contribution in [1.82, 2.24) is 10.6 Å². The summed E-state index contributed by atoms with van der Waals surface area (Å²) in [5.41, 5.74) is -0.399. The molecular weight excluding hydrogens is 188 g/mol. The molecule has 0 amide bonds. The summed E-state index contributed by atoms with van der Waals surface area (Å²) in [7, 11) is 3.94. The van der Waals surface area contributed by atoms with Gasteiger partial charge in [0, 0.05) is 0 Å². The summed E-state index contributed by atoms with van der Waals surface area (Å²) in [4.78, 5) is 0. The molecule has 0 atom stereocenters. The number of hydrogen-bond acceptors (Lipinski definition) is 3. The lowest BCUT2D eigenvalue weighted by atomic mass is 10.0. The van der Waals surface area contributed by atoms with Gasteiger partial charge in [0.05, 0.1) is 0 Å². The standard InChI is InChI=1S/C12H28N2O/c1-7-11(8-2,13-5)15-12(9-3,10-4)14-6/h13-14H,7-10H2,1-6H3. The molecule has 0 rings (SSSR count). The van der Waals surface area contributed by atoms with E-state index in [-0.39, 0.29) is 11.4 Å². The van der Waals surface area contributed by atoms with Crippen LogP contribution in [0.1, 0.15) is 53.4 Å². The van der Waals surface area contributed by atoms with Crippen molar-refractivity contribution >= 4 is 0 Å². The Morgan fingerprint density at radius 3 is 1.13 bits per heavy atom. The van der Waals surface area contributed by atoms with E-state index in [1.54, 1.807) is 0 Å². The van der Waals surface area contributed by atoms with Crippen molar-refractivity contribution in [3.8, 4) is 0 Å². The van der Waals surface area contributed by atoms with Crippen LogP contribution >= 0.6 is 0 Å². The Labute approximate surface area is 95.0 Å². The maximum Gasteiger partial charge on any atom is 0.120 e. The smallest absolute Gasteiger partial charge is 0.120 e. The summed E-state index contributed by atoms with van der Waals surface area (Å²) in [6.07, 6.45) is 3.90. The Hall–Kier alpha value is -0.120. The van der Waals surface area contributed by atoms with Crippen LogP contribution in [-0.4, -0.2) is 25.5 Å². The minimum atomic E-state index is -0.199. The van der Waals surface area contributed by atoms with Gasteiger partial charge in [0.15, 0.2) is 0 Å². The fourth-order valence-corrected chi connectivity index (χ4v) is 1.97. The number of nitrogens with one attached hydrogen (secondary N) is 2. The van der Waals surface area contributed by atoms with Crippen LogP contribution in [0.5, 0.6) is 0 Å². The molecule has 2 N–H and O–H groups in total. The van der Waals surface area contributed by atoms with Crippen molar-refractivity contribution in [2.24, 2.45) is 0 Å². The second-order valence-electron chi connectivity index (χ2n) is 4.00. The van der Waals surface area contributed by atoms with Crippen LogP contribution in [0.3, 0.4) is 0 Å². The molecule has 0 spiro atoms. The van der Waals surface area contributed by atoms with Gasteiger partial charge in [-0.15, -0.1) is 0 Å². The van der Waals surface area contributed by atoms with E-state index in [1.165, 1.54) is 0 Å². The molecule has 0 heterocycles. The molecule has 15 heavy (non-hydrogen) atoms. The van der Waals surface area contributed by atoms with E-state index < -0.39 is 0 Å². The SMILES string of the molecule is CCC(CC)(NC)OC(CC)(CC)NC. The fraction of sp³-hybridized carbons (Fsp3) is 1.00. The zero-order valence-corrected chi connectivity index (χ0v) is 11.2. The van der Waals surface area contributed by atoms with Gasteiger partial charge in [0.25, 0.3) is 0 Å². The highest BCUT2D eigenvalue weighted by molar-refractivity contribution is 4.81. The van der Waals surface area contributed by atoms with Gasteiger partial charge < -0.3 is 4.74 Å². The normalized spacial score (nSPS) is 13.2. The highest BCUT2D eigenvalue weighted by atomic mass is 16.5. The predicted molar refractivity (Wildman–Crippen MR) is 65.8 cm³/mol. The molecule has 0 radical (unpaired) electrons. The molecular formula is C12H28N2O. The first-order chi connectivity index (χ1) is 7.07. The Balaban J connectivity index is 4.74. The van der Waals surface area contributed by atoms with Gasteiger partial charge in [-0.25, -0.2) is 0 Å². The lowest BCUT2D eigenvalue weighted by Crippen LogP contribution is -2.56. The second-order valence-corrected chi connectivity index (χ2v) is 4.00. The molecule has 0 saturated carbocycles. The van der Waals surface area contributed by atoms with Gasteiger partial charge in [-0.05, 0) is 39.8 Å². The molecule has 92 valence electrons. The van der Waals surface area contributed by atoms with E-state index in [9.17, 15) is 0 Å². The first-order valence-electron chi connectivity index (χ1n) is 6.15. The van der Waals surface area contributed by atoms with E-state index in [0.29, 0.717) is 0 Å². The van der Waals surface area contributed by atoms with Gasteiger partial charge in [0.1, 0.15) is 11.4 Å². The highest BCUT2D eigenvalue weighted by Crippen LogP contribution is 2.27. The molecule has 0 bridgehead atoms. The molecule has 0 aliphatic rings. The van der Waals surface area contributed by atoms with Crippen molar-refractivity contribution in [1.29, 1.82) is 0 Å². The highest BCUT2D eigenvalue weighted by Gasteiger charge is 2.35. The zero-order chi connectivity index (χ0) is 11.9. The quantitative estimate of drug-likeness (QED) is 0.612. The third kappa shape index (κ3) is 3.44. The van der Waals surface area contributed by atoms with Gasteiger partial charge >= 0.3 is 0 Å². The van der Waals surface area contributed by atoms with Crippen molar-refractivity contribution in [2.45, 2.75) is 64.8 Å². The lowest BCUT2D eigenvalue weighted by Gasteiger charge is -2.42. The minimum Gasteiger partial charge on any atom is -0.340 e. The fourth-order valence-electron chi connectivity index (χ4n) is 1.97. The molecule has 0 saturated heterocycles. The van der Waals surface area contributed by atoms with Crippen molar-refractivity contribution in [2.75, 3.05) is 14.1 Å². The monoisotopic (exact) mass is 216 g/mol. The van der Waals surface area contributed by atoms with Crippen molar-refractivity contribution in [3.63, 3.8) is 0 Å². The van der Waals surface area contributed by atoms with Crippen molar-refractivity contribution < 1.29 is 4.74 Å². The zero-order valence-electron chi connectivity index (χ0n) is 11.2. The van der Waals surface area contributed by atoms with E-state index in [0.717, 1.165) is 25.7 Å². The molecule has 0 aromatic carbocycles. The average Bonchev–Trinajstić information content (AvgIpc) is 2.33. The van der Waals surface area contributed by atoms with Crippen LogP contribution in [0.25, 0.3) is 0 Å². The third-order valence-corrected chi connectivity index (χ3v) is 3.59. The van der Waals surface area contributed by atoms with E-state index in [1.807, 2.05) is 14.1 Å². The second kappa shape index (κ2) is 6.46. The van der Waals surface area contributed by atoms with Gasteiger partial charge in [-0.1, -0.05) is 27.7 Å². The molecule has 0 aliphatic carbocycles. The minimum absolute atomic E-state index is 0.199. The molecule has 0 fully saturated rings. The predicted octanol–water partition coefficient (Wildman–Crippen LogP) is 2.47. The first-order valence-corrected chi connectivity index (χ1v) is 6.15. The van der Waals surface area contributed by atoms with Crippen LogP contribution in [0.4, 0.5) is 0 Å². The van der Waals surface area contributed by atoms with Crippen LogP contribution in [0.2, 0.25) is 0 Å². The molecule has 0 unspecified atom stereocenters. The van der Waals surface area contributed by atoms with Crippen LogP contribution in [-0.2, 0) is 4.74 Å². The van der Waals surface area contributed by atoms with Gasteiger partial charge in [-0.3, -0.25) is 10.6 Å². The summed E-state index contributed by atoms with van der Waals surface area (Å²) in [5, 5.41) is 6.62. The van der Waals surface area contributed by atoms with Gasteiger partial charge in [0.2, 0.25) is 0 Å². The Kier molecular flexibility index (Phi) is 6.41. The molecule has 3 nitrogen and oxygen atoms in total. The maximum atomic E-state index is 6.30. The number of ether oxygens (including phenoxy) is 1. The van der Waals surface area contributed by atoms with E-state index in [4.69, 9.17) is 4.74 Å². The molecule has 0 aromatic rings. The lowest BCUT2D eigenvalue weighted by molar-refractivity contribution is -0.190. The third-order valence-electron chi connectivity index (χ3n) is 3.59. The molecule has 0 aromatic heterocycles. The first kappa shape index (κ1) is 14.9. The van der Waals surface area contributed by atoms with Gasteiger partial charge in [-0.2, -0.15) is 0 Å². The van der Waals surface area contributed by atoms with E-state index >= 15 is 0 Å². The summed E-state index contributed by atoms with van der Waals surface area (Å²) in [6, 6.07) is 0. The number of hydrogen-bond donors (Lipinski definition) is 2. The average molecular weight is 216 g/mol. The van der Waals surface area contributed by atoms with Crippen LogP contribution in [0.15, 0.2) is 0 Å².